The number of ether oxygens (including phenoxy) is 1. The van der Waals surface area contributed by atoms with Crippen LogP contribution in [0, 0.1) is 17.8 Å². The van der Waals surface area contributed by atoms with E-state index < -0.39 is 0 Å². The van der Waals surface area contributed by atoms with E-state index in [0.29, 0.717) is 24.1 Å². The highest BCUT2D eigenvalue weighted by Gasteiger charge is 2.34. The molecule has 3 heteroatoms. The molecule has 5 unspecified atom stereocenters. The Balaban J connectivity index is 1.89. The lowest BCUT2D eigenvalue weighted by Gasteiger charge is -2.39. The van der Waals surface area contributed by atoms with Crippen molar-refractivity contribution in [3.8, 4) is 0 Å². The molecule has 0 aromatic carbocycles. The van der Waals surface area contributed by atoms with E-state index in [1.54, 1.807) is 0 Å². The van der Waals surface area contributed by atoms with Crippen molar-refractivity contribution in [2.75, 3.05) is 20.2 Å². The second-order valence-corrected chi connectivity index (χ2v) is 7.11. The van der Waals surface area contributed by atoms with Crippen LogP contribution in [0.2, 0.25) is 0 Å². The molecule has 2 aliphatic rings. The predicted molar refractivity (Wildman–Crippen MR) is 80.1 cm³/mol. The molecular formula is C16H32N2O. The van der Waals surface area contributed by atoms with Crippen molar-refractivity contribution in [2.24, 2.45) is 23.5 Å². The van der Waals surface area contributed by atoms with Crippen molar-refractivity contribution in [3.63, 3.8) is 0 Å². The SMILES string of the molecule is CC(C)C1CCC(N)C(CN(C)C2CCOC2C)C1. The molecule has 19 heavy (non-hydrogen) atoms. The number of rotatable bonds is 4. The molecule has 1 saturated heterocycles. The molecule has 5 atom stereocenters. The van der Waals surface area contributed by atoms with Crippen LogP contribution in [-0.4, -0.2) is 43.3 Å². The van der Waals surface area contributed by atoms with E-state index in [1.165, 1.54) is 25.7 Å². The fourth-order valence-corrected chi connectivity index (χ4v) is 3.94. The predicted octanol–water partition coefficient (Wildman–Crippen LogP) is 2.50. The van der Waals surface area contributed by atoms with Gasteiger partial charge in [-0.15, -0.1) is 0 Å². The zero-order valence-corrected chi connectivity index (χ0v) is 13.1. The number of hydrogen-bond donors (Lipinski definition) is 1. The maximum atomic E-state index is 6.37. The Labute approximate surface area is 118 Å². The van der Waals surface area contributed by atoms with E-state index in [-0.39, 0.29) is 0 Å². The number of nitrogens with two attached hydrogens (primary N) is 1. The summed E-state index contributed by atoms with van der Waals surface area (Å²) in [6, 6.07) is 0.988. The Hall–Kier alpha value is -0.120. The first-order chi connectivity index (χ1) is 8.99. The molecule has 0 aromatic heterocycles. The summed E-state index contributed by atoms with van der Waals surface area (Å²) in [5.74, 6) is 2.34. The van der Waals surface area contributed by atoms with Gasteiger partial charge >= 0.3 is 0 Å². The smallest absolute Gasteiger partial charge is 0.0702 e. The van der Waals surface area contributed by atoms with Crippen LogP contribution in [0.5, 0.6) is 0 Å². The standard InChI is InChI=1S/C16H32N2O/c1-11(2)13-5-6-15(17)14(9-13)10-18(4)16-7-8-19-12(16)3/h11-16H,5-10,17H2,1-4H3. The second-order valence-electron chi connectivity index (χ2n) is 7.11. The van der Waals surface area contributed by atoms with Crippen LogP contribution < -0.4 is 5.73 Å². The molecule has 1 aliphatic carbocycles. The van der Waals surface area contributed by atoms with Gasteiger partial charge in [-0.2, -0.15) is 0 Å². The largest absolute Gasteiger partial charge is 0.377 e. The average Bonchev–Trinajstić information content (AvgIpc) is 2.78. The van der Waals surface area contributed by atoms with Crippen molar-refractivity contribution >= 4 is 0 Å². The van der Waals surface area contributed by atoms with Crippen molar-refractivity contribution < 1.29 is 4.74 Å². The lowest BCUT2D eigenvalue weighted by atomic mass is 9.73. The monoisotopic (exact) mass is 268 g/mol. The number of nitrogens with zero attached hydrogens (tertiary/aromatic N) is 1. The molecule has 0 amide bonds. The Bertz CT molecular complexity index is 282. The van der Waals surface area contributed by atoms with E-state index in [1.807, 2.05) is 0 Å². The van der Waals surface area contributed by atoms with Gasteiger partial charge in [-0.05, 0) is 57.4 Å². The lowest BCUT2D eigenvalue weighted by Crippen LogP contribution is -2.46. The van der Waals surface area contributed by atoms with Crippen molar-refractivity contribution in [1.29, 1.82) is 0 Å². The topological polar surface area (TPSA) is 38.5 Å². The first-order valence-electron chi connectivity index (χ1n) is 8.06. The third-order valence-electron chi connectivity index (χ3n) is 5.45. The Kier molecular flexibility index (Phi) is 5.27. The van der Waals surface area contributed by atoms with E-state index in [2.05, 4.69) is 32.7 Å². The minimum atomic E-state index is 0.380. The Morgan fingerprint density at radius 2 is 2.00 bits per heavy atom. The van der Waals surface area contributed by atoms with Gasteiger partial charge in [-0.1, -0.05) is 13.8 Å². The zero-order valence-electron chi connectivity index (χ0n) is 13.1. The Morgan fingerprint density at radius 1 is 1.26 bits per heavy atom. The van der Waals surface area contributed by atoms with E-state index >= 15 is 0 Å². The summed E-state index contributed by atoms with van der Waals surface area (Å²) < 4.78 is 5.69. The maximum absolute atomic E-state index is 6.37. The van der Waals surface area contributed by atoms with Gasteiger partial charge in [0.25, 0.3) is 0 Å². The minimum absolute atomic E-state index is 0.380. The van der Waals surface area contributed by atoms with Gasteiger partial charge in [-0.3, -0.25) is 0 Å². The summed E-state index contributed by atoms with van der Waals surface area (Å²) in [5.41, 5.74) is 6.37. The molecule has 1 saturated carbocycles. The molecule has 112 valence electrons. The van der Waals surface area contributed by atoms with Crippen LogP contribution in [0.3, 0.4) is 0 Å². The van der Waals surface area contributed by atoms with Gasteiger partial charge in [0.1, 0.15) is 0 Å². The molecule has 3 nitrogen and oxygen atoms in total. The molecule has 0 spiro atoms. The third-order valence-corrected chi connectivity index (χ3v) is 5.45. The van der Waals surface area contributed by atoms with Gasteiger partial charge in [-0.25, -0.2) is 0 Å². The molecular weight excluding hydrogens is 236 g/mol. The van der Waals surface area contributed by atoms with Crippen molar-refractivity contribution in [3.05, 3.63) is 0 Å². The number of likely N-dealkylation sites (N-methyl/N-ethyl adjacent to an activating group) is 1. The van der Waals surface area contributed by atoms with E-state index in [0.717, 1.165) is 25.0 Å². The Morgan fingerprint density at radius 3 is 2.58 bits per heavy atom. The molecule has 0 aromatic rings. The van der Waals surface area contributed by atoms with Gasteiger partial charge in [0.2, 0.25) is 0 Å². The van der Waals surface area contributed by atoms with Crippen LogP contribution in [0.4, 0.5) is 0 Å². The molecule has 0 bridgehead atoms. The minimum Gasteiger partial charge on any atom is -0.377 e. The highest BCUT2D eigenvalue weighted by molar-refractivity contribution is 4.88. The highest BCUT2D eigenvalue weighted by atomic mass is 16.5. The summed E-state index contributed by atoms with van der Waals surface area (Å²) in [6.07, 6.45) is 5.39. The van der Waals surface area contributed by atoms with Gasteiger partial charge in [0.05, 0.1) is 6.10 Å². The maximum Gasteiger partial charge on any atom is 0.0702 e. The van der Waals surface area contributed by atoms with Crippen LogP contribution in [-0.2, 0) is 4.74 Å². The van der Waals surface area contributed by atoms with Crippen molar-refractivity contribution in [1.82, 2.24) is 4.90 Å². The van der Waals surface area contributed by atoms with Crippen molar-refractivity contribution in [2.45, 2.75) is 64.6 Å². The summed E-state index contributed by atoms with van der Waals surface area (Å²) in [7, 11) is 2.25. The first kappa shape index (κ1) is 15.3. The molecule has 2 rings (SSSR count). The third kappa shape index (κ3) is 3.71. The fraction of sp³-hybridized carbons (Fsp3) is 1.00. The summed E-state index contributed by atoms with van der Waals surface area (Å²) in [5, 5.41) is 0. The van der Waals surface area contributed by atoms with E-state index in [9.17, 15) is 0 Å². The van der Waals surface area contributed by atoms with Gasteiger partial charge < -0.3 is 15.4 Å². The van der Waals surface area contributed by atoms with Gasteiger partial charge in [0.15, 0.2) is 0 Å². The van der Waals surface area contributed by atoms with E-state index in [4.69, 9.17) is 10.5 Å². The zero-order chi connectivity index (χ0) is 14.0. The lowest BCUT2D eigenvalue weighted by molar-refractivity contribution is 0.0672. The summed E-state index contributed by atoms with van der Waals surface area (Å²) >= 11 is 0. The quantitative estimate of drug-likeness (QED) is 0.851. The molecule has 0 radical (unpaired) electrons. The second kappa shape index (κ2) is 6.55. The number of hydrogen-bond acceptors (Lipinski definition) is 3. The van der Waals surface area contributed by atoms with Crippen LogP contribution in [0.1, 0.15) is 46.5 Å². The highest BCUT2D eigenvalue weighted by Crippen LogP contribution is 2.34. The van der Waals surface area contributed by atoms with Crippen LogP contribution in [0.25, 0.3) is 0 Å². The molecule has 2 fully saturated rings. The first-order valence-corrected chi connectivity index (χ1v) is 8.06. The average molecular weight is 268 g/mol. The fourth-order valence-electron chi connectivity index (χ4n) is 3.94. The molecule has 2 N–H and O–H groups in total. The summed E-state index contributed by atoms with van der Waals surface area (Å²) in [4.78, 5) is 2.50. The summed E-state index contributed by atoms with van der Waals surface area (Å²) in [6.45, 7) is 8.97. The molecule has 1 aliphatic heterocycles. The van der Waals surface area contributed by atoms with Crippen LogP contribution in [0.15, 0.2) is 0 Å². The molecule has 1 heterocycles. The normalized spacial score (nSPS) is 40.3. The van der Waals surface area contributed by atoms with Crippen LogP contribution >= 0.6 is 0 Å². The van der Waals surface area contributed by atoms with Gasteiger partial charge in [0, 0.05) is 25.2 Å².